The van der Waals surface area contributed by atoms with Gasteiger partial charge in [0.2, 0.25) is 11.0 Å². The summed E-state index contributed by atoms with van der Waals surface area (Å²) in [6.45, 7) is 2.01. The Hall–Kier alpha value is -3.51. The van der Waals surface area contributed by atoms with Gasteiger partial charge < -0.3 is 5.32 Å². The van der Waals surface area contributed by atoms with Crippen LogP contribution >= 0.6 is 11.3 Å². The van der Waals surface area contributed by atoms with Crippen molar-refractivity contribution in [3.8, 4) is 5.13 Å². The Morgan fingerprint density at radius 1 is 1.03 bits per heavy atom. The van der Waals surface area contributed by atoms with Gasteiger partial charge in [-0.05, 0) is 35.4 Å². The minimum atomic E-state index is -0.0389. The average molecular weight is 411 g/mol. The summed E-state index contributed by atoms with van der Waals surface area (Å²) in [6.07, 6.45) is 0.410. The number of hydrogen-bond acceptors (Lipinski definition) is 4. The Morgan fingerprint density at radius 3 is 2.73 bits per heavy atom. The van der Waals surface area contributed by atoms with Crippen molar-refractivity contribution in [3.05, 3.63) is 83.6 Å². The molecule has 0 radical (unpaired) electrons. The summed E-state index contributed by atoms with van der Waals surface area (Å²) in [7, 11) is 0. The van der Waals surface area contributed by atoms with Crippen molar-refractivity contribution >= 4 is 44.1 Å². The van der Waals surface area contributed by atoms with Crippen molar-refractivity contribution in [1.29, 1.82) is 0 Å². The third kappa shape index (κ3) is 2.57. The molecule has 30 heavy (non-hydrogen) atoms. The van der Waals surface area contributed by atoms with Gasteiger partial charge in [-0.25, -0.2) is 4.98 Å². The minimum absolute atomic E-state index is 0.00250. The van der Waals surface area contributed by atoms with Gasteiger partial charge in [-0.15, -0.1) is 0 Å². The molecule has 6 rings (SSSR count). The van der Waals surface area contributed by atoms with Gasteiger partial charge in [-0.1, -0.05) is 65.9 Å². The molecule has 5 aromatic rings. The molecule has 1 aliphatic heterocycles. The number of anilines is 1. The second kappa shape index (κ2) is 6.50. The maximum Gasteiger partial charge on any atom is 0.226 e. The molecule has 1 N–H and O–H groups in total. The first-order valence-electron chi connectivity index (χ1n) is 9.92. The molecule has 2 aromatic heterocycles. The molecule has 1 aliphatic rings. The van der Waals surface area contributed by atoms with Gasteiger partial charge in [0.05, 0.1) is 15.9 Å². The van der Waals surface area contributed by atoms with Gasteiger partial charge >= 0.3 is 0 Å². The van der Waals surface area contributed by atoms with E-state index in [0.29, 0.717) is 6.42 Å². The van der Waals surface area contributed by atoms with Gasteiger partial charge in [-0.3, -0.25) is 4.79 Å². The zero-order valence-corrected chi connectivity index (χ0v) is 17.1. The number of para-hydroxylation sites is 1. The Kier molecular flexibility index (Phi) is 3.76. The van der Waals surface area contributed by atoms with Crippen molar-refractivity contribution in [1.82, 2.24) is 14.8 Å². The lowest BCUT2D eigenvalue weighted by atomic mass is 9.83. The topological polar surface area (TPSA) is 59.8 Å². The number of carbonyl (C=O) groups excluding carboxylic acids is 1. The highest BCUT2D eigenvalue weighted by atomic mass is 32.1. The molecule has 3 heterocycles. The molecule has 0 unspecified atom stereocenters. The summed E-state index contributed by atoms with van der Waals surface area (Å²) in [5.74, 6) is 0.700. The molecule has 146 valence electrons. The number of hydrogen-bond donors (Lipinski definition) is 1. The van der Waals surface area contributed by atoms with Crippen molar-refractivity contribution in [2.24, 2.45) is 0 Å². The highest BCUT2D eigenvalue weighted by molar-refractivity contribution is 7.20. The van der Waals surface area contributed by atoms with Crippen LogP contribution in [0.25, 0.3) is 26.1 Å². The number of benzene rings is 3. The van der Waals surface area contributed by atoms with E-state index in [9.17, 15) is 4.79 Å². The third-order valence-electron chi connectivity index (χ3n) is 5.77. The highest BCUT2D eigenvalue weighted by Crippen LogP contribution is 2.42. The molecule has 0 saturated heterocycles. The molecule has 0 fully saturated rings. The van der Waals surface area contributed by atoms with Crippen LogP contribution in [-0.4, -0.2) is 20.7 Å². The monoisotopic (exact) mass is 410 g/mol. The summed E-state index contributed by atoms with van der Waals surface area (Å²) >= 11 is 1.58. The first kappa shape index (κ1) is 17.4. The molecule has 0 spiro atoms. The summed E-state index contributed by atoms with van der Waals surface area (Å²) in [5, 5.41) is 11.0. The molecule has 0 bridgehead atoms. The van der Waals surface area contributed by atoms with Crippen LogP contribution in [0.5, 0.6) is 0 Å². The fraction of sp³-hybridized carbons (Fsp3) is 0.125. The Balaban J connectivity index is 1.56. The lowest BCUT2D eigenvalue weighted by molar-refractivity contribution is -0.116. The normalized spacial score (nSPS) is 16.0. The van der Waals surface area contributed by atoms with Crippen LogP contribution < -0.4 is 5.32 Å². The van der Waals surface area contributed by atoms with E-state index in [1.807, 2.05) is 37.3 Å². The molecule has 0 aliphatic carbocycles. The first-order chi connectivity index (χ1) is 14.7. The van der Waals surface area contributed by atoms with Crippen LogP contribution in [0.1, 0.15) is 29.2 Å². The van der Waals surface area contributed by atoms with Gasteiger partial charge in [0.1, 0.15) is 5.82 Å². The molecule has 0 saturated carbocycles. The fourth-order valence-electron chi connectivity index (χ4n) is 4.46. The van der Waals surface area contributed by atoms with E-state index in [2.05, 4.69) is 41.7 Å². The van der Waals surface area contributed by atoms with Crippen LogP contribution in [-0.2, 0) is 4.79 Å². The van der Waals surface area contributed by atoms with Crippen molar-refractivity contribution in [2.75, 3.05) is 5.32 Å². The second-order valence-corrected chi connectivity index (χ2v) is 8.61. The van der Waals surface area contributed by atoms with Crippen LogP contribution in [0.2, 0.25) is 0 Å². The smallest absolute Gasteiger partial charge is 0.226 e. The zero-order valence-electron chi connectivity index (χ0n) is 16.3. The van der Waals surface area contributed by atoms with Crippen LogP contribution in [0, 0.1) is 6.92 Å². The number of aryl methyl sites for hydroxylation is 1. The van der Waals surface area contributed by atoms with E-state index in [1.165, 1.54) is 10.8 Å². The standard InChI is InChI=1S/C24H18N4OS/c1-14-22-18(17-10-6-8-15-7-2-3-9-16(15)17)13-21(29)26-23(22)28(27-14)24-25-19-11-4-5-12-20(19)30-24/h2-12,18H,13H2,1H3,(H,26,29)/t18-/m0/s1. The number of thiazole rings is 1. The maximum atomic E-state index is 12.7. The Morgan fingerprint density at radius 2 is 1.83 bits per heavy atom. The van der Waals surface area contributed by atoms with Gasteiger partial charge in [0.25, 0.3) is 0 Å². The lowest BCUT2D eigenvalue weighted by Crippen LogP contribution is -2.25. The number of nitrogens with zero attached hydrogens (tertiary/aromatic N) is 3. The van der Waals surface area contributed by atoms with E-state index in [4.69, 9.17) is 10.1 Å². The number of fused-ring (bicyclic) bond motifs is 3. The number of rotatable bonds is 2. The third-order valence-corrected chi connectivity index (χ3v) is 6.78. The van der Waals surface area contributed by atoms with E-state index in [-0.39, 0.29) is 11.8 Å². The predicted octanol–water partition coefficient (Wildman–Crippen LogP) is 5.42. The zero-order chi connectivity index (χ0) is 20.2. The molecule has 1 atom stereocenters. The van der Waals surface area contributed by atoms with Crippen molar-refractivity contribution in [2.45, 2.75) is 19.3 Å². The van der Waals surface area contributed by atoms with Crippen LogP contribution in [0.15, 0.2) is 66.7 Å². The molecular weight excluding hydrogens is 392 g/mol. The van der Waals surface area contributed by atoms with Crippen LogP contribution in [0.4, 0.5) is 5.82 Å². The Labute approximate surface area is 177 Å². The quantitative estimate of drug-likeness (QED) is 0.423. The fourth-order valence-corrected chi connectivity index (χ4v) is 5.38. The second-order valence-electron chi connectivity index (χ2n) is 7.60. The summed E-state index contributed by atoms with van der Waals surface area (Å²) in [6, 6.07) is 22.7. The summed E-state index contributed by atoms with van der Waals surface area (Å²) < 4.78 is 2.90. The van der Waals surface area contributed by atoms with Gasteiger partial charge in [-0.2, -0.15) is 9.78 Å². The molecule has 6 heteroatoms. The van der Waals surface area contributed by atoms with Crippen molar-refractivity contribution < 1.29 is 4.79 Å². The van der Waals surface area contributed by atoms with E-state index < -0.39 is 0 Å². The molecule has 3 aromatic carbocycles. The van der Waals surface area contributed by atoms with Crippen molar-refractivity contribution in [3.63, 3.8) is 0 Å². The average Bonchev–Trinajstić information content (AvgIpc) is 3.34. The number of carbonyl (C=O) groups is 1. The maximum absolute atomic E-state index is 12.7. The molecule has 1 amide bonds. The highest BCUT2D eigenvalue weighted by Gasteiger charge is 2.34. The van der Waals surface area contributed by atoms with E-state index in [0.717, 1.165) is 38.0 Å². The number of aromatic nitrogens is 3. The van der Waals surface area contributed by atoms with E-state index in [1.54, 1.807) is 16.0 Å². The minimum Gasteiger partial charge on any atom is -0.310 e. The molecule has 5 nitrogen and oxygen atoms in total. The predicted molar refractivity (Wildman–Crippen MR) is 121 cm³/mol. The van der Waals surface area contributed by atoms with Crippen LogP contribution in [0.3, 0.4) is 0 Å². The lowest BCUT2D eigenvalue weighted by Gasteiger charge is -2.25. The molecular formula is C24H18N4OS. The summed E-state index contributed by atoms with van der Waals surface area (Å²) in [4.78, 5) is 17.5. The Bertz CT molecular complexity index is 1410. The largest absolute Gasteiger partial charge is 0.310 e. The first-order valence-corrected chi connectivity index (χ1v) is 10.7. The van der Waals surface area contributed by atoms with Gasteiger partial charge in [0.15, 0.2) is 0 Å². The SMILES string of the molecule is Cc1nn(-c2nc3ccccc3s2)c2c1[C@H](c1cccc3ccccc13)CC(=O)N2. The summed E-state index contributed by atoms with van der Waals surface area (Å²) in [5.41, 5.74) is 4.09. The van der Waals surface area contributed by atoms with E-state index >= 15 is 0 Å². The van der Waals surface area contributed by atoms with Gasteiger partial charge in [0, 0.05) is 17.9 Å². The number of amides is 1. The number of nitrogens with one attached hydrogen (secondary N) is 1.